The molecule has 1 aliphatic rings. The summed E-state index contributed by atoms with van der Waals surface area (Å²) < 4.78 is 40.2. The number of nitrogens with zero attached hydrogens (tertiary/aromatic N) is 1. The molecule has 1 aromatic rings. The first-order valence-electron chi connectivity index (χ1n) is 6.80. The highest BCUT2D eigenvalue weighted by Crippen LogP contribution is 2.49. The Hall–Kier alpha value is -1.56. The van der Waals surface area contributed by atoms with Gasteiger partial charge >= 0.3 is 6.18 Å². The summed E-state index contributed by atoms with van der Waals surface area (Å²) >= 11 is 0. The Balaban J connectivity index is 2.44. The maximum absolute atomic E-state index is 13.4. The quantitative estimate of drug-likeness (QED) is 0.863. The van der Waals surface area contributed by atoms with Gasteiger partial charge in [-0.05, 0) is 11.0 Å². The second-order valence-electron chi connectivity index (χ2n) is 6.02. The summed E-state index contributed by atoms with van der Waals surface area (Å²) in [4.78, 5) is 11.6. The molecule has 0 saturated carbocycles. The molecule has 116 valence electrons. The molecule has 1 heterocycles. The van der Waals surface area contributed by atoms with Crippen LogP contribution in [0.2, 0.25) is 0 Å². The van der Waals surface area contributed by atoms with Gasteiger partial charge in [-0.2, -0.15) is 13.2 Å². The van der Waals surface area contributed by atoms with Crippen molar-refractivity contribution in [3.8, 4) is 0 Å². The van der Waals surface area contributed by atoms with Gasteiger partial charge < -0.3 is 0 Å². The number of rotatable bonds is 1. The third-order valence-electron chi connectivity index (χ3n) is 4.20. The summed E-state index contributed by atoms with van der Waals surface area (Å²) in [6, 6.07) is 8.34. The third-order valence-corrected chi connectivity index (χ3v) is 4.20. The van der Waals surface area contributed by atoms with Crippen LogP contribution in [0.3, 0.4) is 0 Å². The Morgan fingerprint density at radius 2 is 1.86 bits per heavy atom. The summed E-state index contributed by atoms with van der Waals surface area (Å²) in [5.74, 6) is -2.00. The number of nitrogens with one attached hydrogen (secondary N) is 1. The molecule has 2 unspecified atom stereocenters. The lowest BCUT2D eigenvalue weighted by Gasteiger charge is -2.50. The van der Waals surface area contributed by atoms with Gasteiger partial charge in [0.2, 0.25) is 5.91 Å². The summed E-state index contributed by atoms with van der Waals surface area (Å²) in [7, 11) is 0. The van der Waals surface area contributed by atoms with Gasteiger partial charge in [-0.3, -0.25) is 9.80 Å². The van der Waals surface area contributed by atoms with Crippen molar-refractivity contribution in [2.45, 2.75) is 33.0 Å². The van der Waals surface area contributed by atoms with Crippen molar-refractivity contribution in [3.63, 3.8) is 0 Å². The number of hydrazine groups is 1. The molecule has 0 radical (unpaired) electrons. The first-order valence-corrected chi connectivity index (χ1v) is 6.80. The van der Waals surface area contributed by atoms with Gasteiger partial charge in [0.15, 0.2) is 0 Å². The highest BCUT2D eigenvalue weighted by atomic mass is 19.4. The van der Waals surface area contributed by atoms with E-state index in [9.17, 15) is 18.0 Å². The van der Waals surface area contributed by atoms with Gasteiger partial charge in [-0.25, -0.2) is 5.43 Å². The molecule has 2 atom stereocenters. The van der Waals surface area contributed by atoms with Crippen molar-refractivity contribution in [1.29, 1.82) is 0 Å². The van der Waals surface area contributed by atoms with Gasteiger partial charge in [0.1, 0.15) is 0 Å². The number of amides is 1. The van der Waals surface area contributed by atoms with Gasteiger partial charge in [0.25, 0.3) is 0 Å². The van der Waals surface area contributed by atoms with Gasteiger partial charge in [-0.1, -0.05) is 44.2 Å². The zero-order valence-corrected chi connectivity index (χ0v) is 12.2. The Morgan fingerprint density at radius 1 is 1.29 bits per heavy atom. The molecule has 1 amide bonds. The Bertz CT molecular complexity index is 513. The maximum atomic E-state index is 13.4. The highest BCUT2D eigenvalue weighted by Gasteiger charge is 2.56. The minimum absolute atomic E-state index is 0.366. The molecule has 0 spiro atoms. The number of alkyl halides is 3. The van der Waals surface area contributed by atoms with E-state index in [2.05, 4.69) is 5.43 Å². The number of benzene rings is 1. The first kappa shape index (κ1) is 15.8. The van der Waals surface area contributed by atoms with E-state index in [4.69, 9.17) is 0 Å². The van der Waals surface area contributed by atoms with Gasteiger partial charge in [0, 0.05) is 13.5 Å². The third kappa shape index (κ3) is 3.05. The fourth-order valence-corrected chi connectivity index (χ4v) is 2.89. The molecule has 21 heavy (non-hydrogen) atoms. The topological polar surface area (TPSA) is 32.3 Å². The second kappa shape index (κ2) is 5.33. The van der Waals surface area contributed by atoms with Crippen molar-refractivity contribution in [2.24, 2.45) is 11.3 Å². The summed E-state index contributed by atoms with van der Waals surface area (Å²) in [5, 5.41) is 1.07. The van der Waals surface area contributed by atoms with Crippen LogP contribution in [-0.4, -0.2) is 23.6 Å². The Labute approximate surface area is 122 Å². The van der Waals surface area contributed by atoms with E-state index in [1.54, 1.807) is 38.1 Å². The Kier molecular flexibility index (Phi) is 4.02. The number of carbonyl (C=O) groups is 1. The molecular formula is C15H19F3N2O. The molecule has 2 rings (SSSR count). The SMILES string of the molecule is CC(=O)N1CC(C(F)(F)F)C(C)(C)C(c2ccccc2)N1. The normalized spacial score (nSPS) is 25.7. The lowest BCUT2D eigenvalue weighted by Crippen LogP contribution is -2.61. The minimum atomic E-state index is -4.35. The van der Waals surface area contributed by atoms with Crippen molar-refractivity contribution >= 4 is 5.91 Å². The fraction of sp³-hybridized carbons (Fsp3) is 0.533. The highest BCUT2D eigenvalue weighted by molar-refractivity contribution is 5.72. The zero-order chi connectivity index (χ0) is 15.8. The number of carbonyl (C=O) groups excluding carboxylic acids is 1. The predicted molar refractivity (Wildman–Crippen MR) is 73.0 cm³/mol. The molecular weight excluding hydrogens is 281 g/mol. The monoisotopic (exact) mass is 300 g/mol. The number of hydrogen-bond acceptors (Lipinski definition) is 2. The van der Waals surface area contributed by atoms with E-state index < -0.39 is 29.5 Å². The standard InChI is InChI=1S/C15H19F3N2O/c1-10(21)20-9-12(15(16,17)18)14(2,3)13(19-20)11-7-5-4-6-8-11/h4-8,12-13,19H,9H2,1-3H3. The number of hydrogen-bond donors (Lipinski definition) is 1. The fourth-order valence-electron chi connectivity index (χ4n) is 2.89. The van der Waals surface area contributed by atoms with Crippen molar-refractivity contribution < 1.29 is 18.0 Å². The molecule has 1 N–H and O–H groups in total. The van der Waals surface area contributed by atoms with E-state index >= 15 is 0 Å². The van der Waals surface area contributed by atoms with Crippen LogP contribution >= 0.6 is 0 Å². The molecule has 6 heteroatoms. The summed E-state index contributed by atoms with van der Waals surface area (Å²) in [6.07, 6.45) is -4.35. The van der Waals surface area contributed by atoms with Crippen LogP contribution in [0.15, 0.2) is 30.3 Å². The van der Waals surface area contributed by atoms with Crippen molar-refractivity contribution in [3.05, 3.63) is 35.9 Å². The van der Waals surface area contributed by atoms with Crippen LogP contribution in [0.5, 0.6) is 0 Å². The van der Waals surface area contributed by atoms with E-state index in [0.717, 1.165) is 10.6 Å². The predicted octanol–water partition coefficient (Wildman–Crippen LogP) is 3.30. The lowest BCUT2D eigenvalue weighted by molar-refractivity contribution is -0.230. The molecule has 1 aromatic carbocycles. The Morgan fingerprint density at radius 3 is 2.33 bits per heavy atom. The van der Waals surface area contributed by atoms with Crippen LogP contribution in [0.4, 0.5) is 13.2 Å². The average molecular weight is 300 g/mol. The number of halogens is 3. The molecule has 1 aliphatic heterocycles. The van der Waals surface area contributed by atoms with E-state index in [0.29, 0.717) is 0 Å². The molecule has 0 aromatic heterocycles. The van der Waals surface area contributed by atoms with E-state index in [-0.39, 0.29) is 6.54 Å². The van der Waals surface area contributed by atoms with Crippen molar-refractivity contribution in [1.82, 2.24) is 10.4 Å². The summed E-state index contributed by atoms with van der Waals surface area (Å²) in [6.45, 7) is 4.08. The molecule has 1 fully saturated rings. The largest absolute Gasteiger partial charge is 0.394 e. The van der Waals surface area contributed by atoms with Crippen LogP contribution < -0.4 is 5.43 Å². The van der Waals surface area contributed by atoms with Crippen LogP contribution in [0.1, 0.15) is 32.4 Å². The summed E-state index contributed by atoms with van der Waals surface area (Å²) in [5.41, 5.74) is 2.62. The second-order valence-corrected chi connectivity index (χ2v) is 6.02. The minimum Gasteiger partial charge on any atom is -0.277 e. The molecule has 1 saturated heterocycles. The lowest BCUT2D eigenvalue weighted by atomic mass is 9.69. The first-order chi connectivity index (χ1) is 9.64. The zero-order valence-electron chi connectivity index (χ0n) is 12.2. The van der Waals surface area contributed by atoms with Crippen LogP contribution in [-0.2, 0) is 4.79 Å². The van der Waals surface area contributed by atoms with Crippen LogP contribution in [0, 0.1) is 11.3 Å². The van der Waals surface area contributed by atoms with Crippen molar-refractivity contribution in [2.75, 3.05) is 6.54 Å². The maximum Gasteiger partial charge on any atom is 0.394 e. The van der Waals surface area contributed by atoms with E-state index in [1.165, 1.54) is 6.92 Å². The average Bonchev–Trinajstić information content (AvgIpc) is 2.37. The molecule has 3 nitrogen and oxygen atoms in total. The van der Waals surface area contributed by atoms with Crippen LogP contribution in [0.25, 0.3) is 0 Å². The van der Waals surface area contributed by atoms with Gasteiger partial charge in [0.05, 0.1) is 12.0 Å². The molecule has 0 aliphatic carbocycles. The smallest absolute Gasteiger partial charge is 0.277 e. The van der Waals surface area contributed by atoms with E-state index in [1.807, 2.05) is 6.07 Å². The molecule has 0 bridgehead atoms. The van der Waals surface area contributed by atoms with Gasteiger partial charge in [-0.15, -0.1) is 0 Å².